The molecule has 0 radical (unpaired) electrons. The first-order valence-corrected chi connectivity index (χ1v) is 5.43. The van der Waals surface area contributed by atoms with Gasteiger partial charge >= 0.3 is 0 Å². The van der Waals surface area contributed by atoms with Gasteiger partial charge < -0.3 is 9.47 Å². The molecule has 0 bridgehead atoms. The van der Waals surface area contributed by atoms with Gasteiger partial charge in [-0.2, -0.15) is 5.26 Å². The van der Waals surface area contributed by atoms with Crippen LogP contribution in [-0.2, 0) is 0 Å². The third-order valence-electron chi connectivity index (χ3n) is 2.10. The van der Waals surface area contributed by atoms with Crippen LogP contribution in [-0.4, -0.2) is 20.0 Å². The number of ether oxygens (including phenoxy) is 2. The normalized spacial score (nSPS) is 9.47. The molecule has 0 aliphatic rings. The molecule has 4 nitrogen and oxygen atoms in total. The molecule has 0 unspecified atom stereocenters. The Morgan fingerprint density at radius 1 is 1.47 bits per heavy atom. The van der Waals surface area contributed by atoms with E-state index in [9.17, 15) is 4.79 Å². The van der Waals surface area contributed by atoms with Crippen LogP contribution in [0.1, 0.15) is 23.2 Å². The molecule has 0 spiro atoms. The van der Waals surface area contributed by atoms with Gasteiger partial charge in [-0.3, -0.25) is 4.79 Å². The van der Waals surface area contributed by atoms with Crippen molar-refractivity contribution >= 4 is 17.9 Å². The predicted octanol–water partition coefficient (Wildman–Crippen LogP) is 2.84. The number of halogens is 1. The van der Waals surface area contributed by atoms with Crippen LogP contribution in [0.5, 0.6) is 11.5 Å². The van der Waals surface area contributed by atoms with E-state index < -0.39 is 0 Å². The van der Waals surface area contributed by atoms with E-state index in [1.165, 1.54) is 19.2 Å². The summed E-state index contributed by atoms with van der Waals surface area (Å²) in [5.41, 5.74) is 0.355. The number of hydrogen-bond acceptors (Lipinski definition) is 4. The molecule has 17 heavy (non-hydrogen) atoms. The smallest absolute Gasteiger partial charge is 0.162 e. The van der Waals surface area contributed by atoms with Crippen molar-refractivity contribution < 1.29 is 14.3 Å². The molecule has 0 fully saturated rings. The summed E-state index contributed by atoms with van der Waals surface area (Å²) in [6.45, 7) is 0.403. The monoisotopic (exact) mass is 253 g/mol. The molecule has 1 aromatic rings. The van der Waals surface area contributed by atoms with Crippen molar-refractivity contribution in [2.45, 2.75) is 12.8 Å². The molecule has 0 N–H and O–H groups in total. The summed E-state index contributed by atoms with van der Waals surface area (Å²) in [5.74, 6) is 0.925. The van der Waals surface area contributed by atoms with E-state index in [1.807, 2.05) is 6.07 Å². The number of hydrogen-bond donors (Lipinski definition) is 0. The molecule has 0 saturated heterocycles. The molecular formula is C12H12ClNO3. The van der Waals surface area contributed by atoms with Crippen molar-refractivity contribution in [3.8, 4) is 17.6 Å². The Labute approximate surface area is 105 Å². The van der Waals surface area contributed by atoms with E-state index in [1.54, 1.807) is 0 Å². The maximum atomic E-state index is 10.7. The summed E-state index contributed by atoms with van der Waals surface area (Å²) in [4.78, 5) is 10.7. The van der Waals surface area contributed by atoms with E-state index in [0.717, 1.165) is 0 Å². The van der Waals surface area contributed by atoms with Gasteiger partial charge in [-0.25, -0.2) is 0 Å². The van der Waals surface area contributed by atoms with Gasteiger partial charge in [0.15, 0.2) is 17.8 Å². The maximum absolute atomic E-state index is 10.7. The highest BCUT2D eigenvalue weighted by molar-refractivity contribution is 6.33. The summed E-state index contributed by atoms with van der Waals surface area (Å²) in [6, 6.07) is 5.09. The third-order valence-corrected chi connectivity index (χ3v) is 2.43. The fourth-order valence-corrected chi connectivity index (χ4v) is 1.45. The largest absolute Gasteiger partial charge is 0.493 e. The Morgan fingerprint density at radius 3 is 2.82 bits per heavy atom. The molecule has 0 saturated carbocycles. The lowest BCUT2D eigenvalue weighted by atomic mass is 10.2. The summed E-state index contributed by atoms with van der Waals surface area (Å²) >= 11 is 5.88. The molecule has 0 aromatic heterocycles. The lowest BCUT2D eigenvalue weighted by molar-refractivity contribution is 0.112. The van der Waals surface area contributed by atoms with Crippen LogP contribution in [0.15, 0.2) is 12.1 Å². The van der Waals surface area contributed by atoms with Crippen LogP contribution in [0.3, 0.4) is 0 Å². The van der Waals surface area contributed by atoms with Crippen molar-refractivity contribution in [3.63, 3.8) is 0 Å². The van der Waals surface area contributed by atoms with Crippen LogP contribution in [0.25, 0.3) is 0 Å². The van der Waals surface area contributed by atoms with E-state index >= 15 is 0 Å². The quantitative estimate of drug-likeness (QED) is 0.578. The lowest BCUT2D eigenvalue weighted by Gasteiger charge is -2.11. The SMILES string of the molecule is COc1cc(C=O)c(Cl)cc1OCCCC#N. The number of rotatable bonds is 6. The van der Waals surface area contributed by atoms with Crippen molar-refractivity contribution in [2.24, 2.45) is 0 Å². The summed E-state index contributed by atoms with van der Waals surface area (Å²) in [5, 5.41) is 8.70. The molecular weight excluding hydrogens is 242 g/mol. The molecule has 90 valence electrons. The summed E-state index contributed by atoms with van der Waals surface area (Å²) < 4.78 is 10.5. The number of unbranched alkanes of at least 4 members (excludes halogenated alkanes) is 1. The highest BCUT2D eigenvalue weighted by Crippen LogP contribution is 2.32. The predicted molar refractivity (Wildman–Crippen MR) is 63.7 cm³/mol. The number of carbonyl (C=O) groups is 1. The van der Waals surface area contributed by atoms with Crippen LogP contribution in [0.2, 0.25) is 5.02 Å². The summed E-state index contributed by atoms with van der Waals surface area (Å²) in [6.07, 6.45) is 1.72. The average molecular weight is 254 g/mol. The van der Waals surface area contributed by atoms with Crippen molar-refractivity contribution in [1.82, 2.24) is 0 Å². The highest BCUT2D eigenvalue weighted by atomic mass is 35.5. The minimum Gasteiger partial charge on any atom is -0.493 e. The minimum atomic E-state index is 0.316. The Kier molecular flexibility index (Phi) is 5.31. The number of methoxy groups -OCH3 is 1. The van der Waals surface area contributed by atoms with E-state index in [2.05, 4.69) is 0 Å². The lowest BCUT2D eigenvalue weighted by Crippen LogP contribution is -2.00. The molecule has 0 amide bonds. The standard InChI is InChI=1S/C12H12ClNO3/c1-16-11-6-9(8-15)10(13)7-12(11)17-5-3-2-4-14/h6-8H,2-3,5H2,1H3. The van der Waals surface area contributed by atoms with Crippen LogP contribution < -0.4 is 9.47 Å². The molecule has 5 heteroatoms. The van der Waals surface area contributed by atoms with Crippen LogP contribution >= 0.6 is 11.6 Å². The second-order valence-electron chi connectivity index (χ2n) is 3.25. The summed E-state index contributed by atoms with van der Waals surface area (Å²) in [7, 11) is 1.49. The van der Waals surface area contributed by atoms with Gasteiger partial charge in [0.25, 0.3) is 0 Å². The van der Waals surface area contributed by atoms with E-state index in [-0.39, 0.29) is 0 Å². The number of aldehydes is 1. The Balaban J connectivity index is 2.80. The molecule has 0 heterocycles. The van der Waals surface area contributed by atoms with Gasteiger partial charge in [0.2, 0.25) is 0 Å². The Hall–Kier alpha value is -1.73. The van der Waals surface area contributed by atoms with Crippen molar-refractivity contribution in [2.75, 3.05) is 13.7 Å². The number of nitrogens with zero attached hydrogens (tertiary/aromatic N) is 1. The zero-order valence-electron chi connectivity index (χ0n) is 9.40. The topological polar surface area (TPSA) is 59.3 Å². The van der Waals surface area contributed by atoms with Crippen LogP contribution in [0, 0.1) is 11.3 Å². The molecule has 0 aliphatic carbocycles. The van der Waals surface area contributed by atoms with Crippen molar-refractivity contribution in [3.05, 3.63) is 22.7 Å². The van der Waals surface area contributed by atoms with Gasteiger partial charge in [0.05, 0.1) is 24.8 Å². The zero-order valence-corrected chi connectivity index (χ0v) is 10.2. The minimum absolute atomic E-state index is 0.316. The van der Waals surface area contributed by atoms with Gasteiger partial charge in [0, 0.05) is 18.1 Å². The van der Waals surface area contributed by atoms with Gasteiger partial charge in [0.1, 0.15) is 0 Å². The Morgan fingerprint density at radius 2 is 2.24 bits per heavy atom. The molecule has 1 aromatic carbocycles. The maximum Gasteiger partial charge on any atom is 0.162 e. The van der Waals surface area contributed by atoms with Gasteiger partial charge in [-0.05, 0) is 12.5 Å². The third kappa shape index (κ3) is 3.65. The second kappa shape index (κ2) is 6.77. The Bertz CT molecular complexity index is 440. The molecule has 0 atom stereocenters. The fraction of sp³-hybridized carbons (Fsp3) is 0.333. The van der Waals surface area contributed by atoms with Crippen molar-refractivity contribution in [1.29, 1.82) is 5.26 Å². The highest BCUT2D eigenvalue weighted by Gasteiger charge is 2.09. The van der Waals surface area contributed by atoms with Crippen LogP contribution in [0.4, 0.5) is 0 Å². The van der Waals surface area contributed by atoms with Gasteiger partial charge in [-0.1, -0.05) is 11.6 Å². The number of nitriles is 1. The van der Waals surface area contributed by atoms with Gasteiger partial charge in [-0.15, -0.1) is 0 Å². The molecule has 0 aliphatic heterocycles. The number of carbonyl (C=O) groups excluding carboxylic acids is 1. The first-order chi connectivity index (χ1) is 8.22. The first-order valence-electron chi connectivity index (χ1n) is 5.05. The number of benzene rings is 1. The van der Waals surface area contributed by atoms with E-state index in [0.29, 0.717) is 47.8 Å². The van der Waals surface area contributed by atoms with E-state index in [4.69, 9.17) is 26.3 Å². The second-order valence-corrected chi connectivity index (χ2v) is 3.66. The fourth-order valence-electron chi connectivity index (χ4n) is 1.25. The average Bonchev–Trinajstić information content (AvgIpc) is 2.35. The first kappa shape index (κ1) is 13.3. The molecule has 1 rings (SSSR count). The zero-order chi connectivity index (χ0) is 12.7.